The number of aromatic nitrogens is 2. The lowest BCUT2D eigenvalue weighted by molar-refractivity contribution is 0.589. The lowest BCUT2D eigenvalue weighted by atomic mass is 10.0. The van der Waals surface area contributed by atoms with Gasteiger partial charge in [0.2, 0.25) is 0 Å². The summed E-state index contributed by atoms with van der Waals surface area (Å²) in [5.74, 6) is 1.83. The fourth-order valence-electron chi connectivity index (χ4n) is 5.05. The van der Waals surface area contributed by atoms with Crippen molar-refractivity contribution in [1.82, 2.24) is 9.97 Å². The van der Waals surface area contributed by atoms with E-state index in [9.17, 15) is 0 Å². The Balaban J connectivity index is 1.69. The van der Waals surface area contributed by atoms with E-state index in [2.05, 4.69) is 55.1 Å². The molecule has 2 aromatic heterocycles. The number of nitrogen functional groups attached to an aromatic ring is 1. The number of rotatable bonds is 19. The van der Waals surface area contributed by atoms with Crippen molar-refractivity contribution >= 4 is 23.0 Å². The third kappa shape index (κ3) is 10.5. The average Bonchev–Trinajstić information content (AvgIpc) is 2.94. The molecule has 0 saturated carbocycles. The van der Waals surface area contributed by atoms with Crippen molar-refractivity contribution in [2.75, 3.05) is 10.6 Å². The van der Waals surface area contributed by atoms with Crippen molar-refractivity contribution in [2.45, 2.75) is 117 Å². The largest absolute Gasteiger partial charge is 0.399 e. The molecule has 0 radical (unpaired) electrons. The fourth-order valence-corrected chi connectivity index (χ4v) is 5.05. The molecule has 0 unspecified atom stereocenters. The van der Waals surface area contributed by atoms with E-state index < -0.39 is 0 Å². The summed E-state index contributed by atoms with van der Waals surface area (Å²) in [5, 5.41) is 0. The second kappa shape index (κ2) is 17.6. The number of hydrogen-bond acceptors (Lipinski definition) is 4. The van der Waals surface area contributed by atoms with Crippen LogP contribution in [0.1, 0.15) is 115 Å². The Hall–Kier alpha value is -2.88. The topological polar surface area (TPSA) is 55.0 Å². The lowest BCUT2D eigenvalue weighted by Gasteiger charge is -2.24. The highest BCUT2D eigenvalue weighted by Gasteiger charge is 2.16. The van der Waals surface area contributed by atoms with Crippen LogP contribution >= 0.6 is 0 Å². The SMILES string of the molecule is CCCCCCCCCc1ccnc(N(c2ccc(N)cc2)c2cc(CCCCCCCCC)ccn2)c1. The smallest absolute Gasteiger partial charge is 0.138 e. The Morgan fingerprint density at radius 3 is 1.42 bits per heavy atom. The van der Waals surface area contributed by atoms with Crippen LogP contribution in [0.25, 0.3) is 0 Å². The quantitative estimate of drug-likeness (QED) is 0.128. The van der Waals surface area contributed by atoms with E-state index in [1.165, 1.54) is 101 Å². The van der Waals surface area contributed by atoms with Gasteiger partial charge in [-0.15, -0.1) is 0 Å². The highest BCUT2D eigenvalue weighted by molar-refractivity contribution is 5.73. The summed E-state index contributed by atoms with van der Waals surface area (Å²) in [5.41, 5.74) is 10.5. The molecule has 0 aliphatic heterocycles. The number of nitrogens with zero attached hydrogens (tertiary/aromatic N) is 3. The Labute approximate surface area is 232 Å². The molecular formula is C34H50N4. The number of anilines is 4. The summed E-state index contributed by atoms with van der Waals surface area (Å²) in [6.45, 7) is 4.55. The minimum atomic E-state index is 0.759. The van der Waals surface area contributed by atoms with Crippen LogP contribution in [0.3, 0.4) is 0 Å². The van der Waals surface area contributed by atoms with Gasteiger partial charge in [-0.05, 0) is 85.3 Å². The van der Waals surface area contributed by atoms with Gasteiger partial charge in [-0.3, -0.25) is 4.90 Å². The summed E-state index contributed by atoms with van der Waals surface area (Å²) in [6, 6.07) is 16.8. The monoisotopic (exact) mass is 514 g/mol. The normalized spacial score (nSPS) is 11.1. The number of unbranched alkanes of at least 4 members (excludes halogenated alkanes) is 12. The maximum atomic E-state index is 6.02. The van der Waals surface area contributed by atoms with Crippen molar-refractivity contribution in [3.63, 3.8) is 0 Å². The first-order valence-electron chi connectivity index (χ1n) is 15.3. The average molecular weight is 515 g/mol. The first-order valence-corrected chi connectivity index (χ1v) is 15.3. The van der Waals surface area contributed by atoms with Gasteiger partial charge < -0.3 is 5.73 Å². The van der Waals surface area contributed by atoms with Crippen LogP contribution in [0.2, 0.25) is 0 Å². The Morgan fingerprint density at radius 2 is 0.974 bits per heavy atom. The van der Waals surface area contributed by atoms with Crippen LogP contribution in [0, 0.1) is 0 Å². The molecule has 2 N–H and O–H groups in total. The van der Waals surface area contributed by atoms with Gasteiger partial charge in [-0.2, -0.15) is 0 Å². The molecule has 0 aliphatic carbocycles. The van der Waals surface area contributed by atoms with E-state index in [0.717, 1.165) is 35.9 Å². The van der Waals surface area contributed by atoms with E-state index in [0.29, 0.717) is 0 Å². The second-order valence-corrected chi connectivity index (χ2v) is 10.7. The minimum absolute atomic E-state index is 0.759. The molecule has 0 atom stereocenters. The summed E-state index contributed by atoms with van der Waals surface area (Å²) in [4.78, 5) is 11.7. The summed E-state index contributed by atoms with van der Waals surface area (Å²) in [7, 11) is 0. The second-order valence-electron chi connectivity index (χ2n) is 10.7. The maximum absolute atomic E-state index is 6.02. The van der Waals surface area contributed by atoms with Gasteiger partial charge in [0, 0.05) is 23.8 Å². The molecule has 0 saturated heterocycles. The third-order valence-corrected chi connectivity index (χ3v) is 7.37. The number of benzene rings is 1. The Bertz CT molecular complexity index is 969. The molecule has 3 aromatic rings. The van der Waals surface area contributed by atoms with E-state index in [-0.39, 0.29) is 0 Å². The zero-order valence-corrected chi connectivity index (χ0v) is 24.0. The van der Waals surface area contributed by atoms with Crippen LogP contribution in [-0.4, -0.2) is 9.97 Å². The van der Waals surface area contributed by atoms with E-state index in [4.69, 9.17) is 15.7 Å². The van der Waals surface area contributed by atoms with Gasteiger partial charge in [-0.1, -0.05) is 90.9 Å². The molecule has 3 rings (SSSR count). The predicted molar refractivity (Wildman–Crippen MR) is 165 cm³/mol. The van der Waals surface area contributed by atoms with Crippen molar-refractivity contribution in [3.05, 3.63) is 72.1 Å². The van der Waals surface area contributed by atoms with Gasteiger partial charge in [0.15, 0.2) is 0 Å². The molecule has 0 bridgehead atoms. The van der Waals surface area contributed by atoms with Crippen molar-refractivity contribution in [3.8, 4) is 0 Å². The van der Waals surface area contributed by atoms with Gasteiger partial charge in [0.1, 0.15) is 11.6 Å². The fraction of sp³-hybridized carbons (Fsp3) is 0.529. The van der Waals surface area contributed by atoms with E-state index in [1.807, 2.05) is 24.5 Å². The molecule has 0 spiro atoms. The maximum Gasteiger partial charge on any atom is 0.138 e. The van der Waals surface area contributed by atoms with Gasteiger partial charge >= 0.3 is 0 Å². The highest BCUT2D eigenvalue weighted by Crippen LogP contribution is 2.33. The molecule has 0 aliphatic rings. The minimum Gasteiger partial charge on any atom is -0.399 e. The summed E-state index contributed by atoms with van der Waals surface area (Å²) < 4.78 is 0. The predicted octanol–water partition coefficient (Wildman–Crippen LogP) is 10.1. The Kier molecular flexibility index (Phi) is 13.7. The zero-order chi connectivity index (χ0) is 26.8. The molecule has 0 fully saturated rings. The van der Waals surface area contributed by atoms with Gasteiger partial charge in [0.05, 0.1) is 0 Å². The molecule has 4 nitrogen and oxygen atoms in total. The van der Waals surface area contributed by atoms with Crippen molar-refractivity contribution in [1.29, 1.82) is 0 Å². The van der Waals surface area contributed by atoms with Gasteiger partial charge in [-0.25, -0.2) is 9.97 Å². The summed E-state index contributed by atoms with van der Waals surface area (Å²) in [6.07, 6.45) is 24.6. The third-order valence-electron chi connectivity index (χ3n) is 7.37. The first kappa shape index (κ1) is 29.7. The first-order chi connectivity index (χ1) is 18.7. The highest BCUT2D eigenvalue weighted by atomic mass is 15.2. The lowest BCUT2D eigenvalue weighted by Crippen LogP contribution is -2.14. The number of nitrogens with two attached hydrogens (primary N) is 1. The van der Waals surface area contributed by atoms with Gasteiger partial charge in [0.25, 0.3) is 0 Å². The molecule has 1 aromatic carbocycles. The number of aryl methyl sites for hydroxylation is 2. The molecule has 4 heteroatoms. The molecule has 206 valence electrons. The molecule has 2 heterocycles. The zero-order valence-electron chi connectivity index (χ0n) is 24.0. The van der Waals surface area contributed by atoms with Crippen LogP contribution in [0.4, 0.5) is 23.0 Å². The molecule has 38 heavy (non-hydrogen) atoms. The Morgan fingerprint density at radius 1 is 0.553 bits per heavy atom. The van der Waals surface area contributed by atoms with Crippen LogP contribution in [0.5, 0.6) is 0 Å². The van der Waals surface area contributed by atoms with Crippen molar-refractivity contribution < 1.29 is 0 Å². The van der Waals surface area contributed by atoms with Crippen LogP contribution in [0.15, 0.2) is 60.9 Å². The number of pyridine rings is 2. The van der Waals surface area contributed by atoms with Crippen molar-refractivity contribution in [2.24, 2.45) is 0 Å². The standard InChI is InChI=1S/C34H50N4/c1-3-5-7-9-11-13-15-17-29-23-25-36-33(27-29)38(32-21-19-31(35)20-22-32)34-28-30(24-26-37-34)18-16-14-12-10-8-6-4-2/h19-28H,3-18,35H2,1-2H3. The van der Waals surface area contributed by atoms with E-state index in [1.54, 1.807) is 0 Å². The molecular weight excluding hydrogens is 464 g/mol. The molecule has 0 amide bonds. The van der Waals surface area contributed by atoms with Crippen LogP contribution in [-0.2, 0) is 12.8 Å². The number of hydrogen-bond donors (Lipinski definition) is 1. The van der Waals surface area contributed by atoms with Crippen LogP contribution < -0.4 is 10.6 Å². The summed E-state index contributed by atoms with van der Waals surface area (Å²) >= 11 is 0. The van der Waals surface area contributed by atoms with E-state index >= 15 is 0 Å².